The average Bonchev–Trinajstić information content (AvgIpc) is 2.31. The maximum atomic E-state index is 5.77. The monoisotopic (exact) mass is 221 g/mol. The molecule has 3 nitrogen and oxygen atoms in total. The number of rotatable bonds is 3. The van der Waals surface area contributed by atoms with Crippen LogP contribution in [0.15, 0.2) is 24.3 Å². The van der Waals surface area contributed by atoms with Crippen molar-refractivity contribution in [2.24, 2.45) is 0 Å². The Labute approximate surface area is 96.8 Å². The quantitative estimate of drug-likeness (QED) is 0.848. The summed E-state index contributed by atoms with van der Waals surface area (Å²) in [7, 11) is 0. The van der Waals surface area contributed by atoms with Crippen LogP contribution < -0.4 is 10.1 Å². The molecule has 3 heteroatoms. The van der Waals surface area contributed by atoms with Gasteiger partial charge in [-0.1, -0.05) is 12.1 Å². The van der Waals surface area contributed by atoms with Gasteiger partial charge in [-0.15, -0.1) is 0 Å². The molecule has 1 aliphatic rings. The first kappa shape index (κ1) is 11.4. The van der Waals surface area contributed by atoms with Gasteiger partial charge < -0.3 is 14.8 Å². The molecule has 2 atom stereocenters. The Balaban J connectivity index is 2.08. The highest BCUT2D eigenvalue weighted by atomic mass is 16.5. The van der Waals surface area contributed by atoms with Crippen LogP contribution in [0.1, 0.15) is 25.5 Å². The summed E-state index contributed by atoms with van der Waals surface area (Å²) in [6.45, 7) is 6.57. The highest BCUT2D eigenvalue weighted by Gasteiger charge is 2.22. The highest BCUT2D eigenvalue weighted by Crippen LogP contribution is 2.25. The minimum absolute atomic E-state index is 0.157. The van der Waals surface area contributed by atoms with Gasteiger partial charge in [-0.3, -0.25) is 0 Å². The fraction of sp³-hybridized carbons (Fsp3) is 0.538. The summed E-state index contributed by atoms with van der Waals surface area (Å²) in [5, 5.41) is 3.41. The molecule has 2 unspecified atom stereocenters. The lowest BCUT2D eigenvalue weighted by Gasteiger charge is -2.30. The van der Waals surface area contributed by atoms with Gasteiger partial charge in [0, 0.05) is 12.6 Å². The first-order chi connectivity index (χ1) is 7.81. The van der Waals surface area contributed by atoms with Crippen LogP contribution >= 0.6 is 0 Å². The zero-order valence-corrected chi connectivity index (χ0v) is 9.90. The van der Waals surface area contributed by atoms with E-state index in [4.69, 9.17) is 9.47 Å². The molecule has 1 aromatic carbocycles. The van der Waals surface area contributed by atoms with Crippen LogP contribution in [0.3, 0.4) is 0 Å². The first-order valence-corrected chi connectivity index (χ1v) is 5.89. The Morgan fingerprint density at radius 1 is 1.38 bits per heavy atom. The van der Waals surface area contributed by atoms with Crippen molar-refractivity contribution in [3.05, 3.63) is 29.8 Å². The SMILES string of the molecule is CCOc1ccc(C2OCCNC2C)cc1. The molecule has 1 fully saturated rings. The molecule has 16 heavy (non-hydrogen) atoms. The van der Waals surface area contributed by atoms with Crippen LogP contribution in [0.4, 0.5) is 0 Å². The van der Waals surface area contributed by atoms with Crippen molar-refractivity contribution in [3.8, 4) is 5.75 Å². The third kappa shape index (κ3) is 2.54. The van der Waals surface area contributed by atoms with Gasteiger partial charge in [-0.2, -0.15) is 0 Å². The maximum absolute atomic E-state index is 5.77. The Morgan fingerprint density at radius 2 is 2.12 bits per heavy atom. The standard InChI is InChI=1S/C13H19NO2/c1-3-15-12-6-4-11(5-7-12)13-10(2)14-8-9-16-13/h4-7,10,13-14H,3,8-9H2,1-2H3. The number of ether oxygens (including phenoxy) is 2. The van der Waals surface area contributed by atoms with Crippen molar-refractivity contribution in [3.63, 3.8) is 0 Å². The number of hydrogen-bond donors (Lipinski definition) is 1. The summed E-state index contributed by atoms with van der Waals surface area (Å²) in [5.41, 5.74) is 1.21. The Morgan fingerprint density at radius 3 is 2.75 bits per heavy atom. The summed E-state index contributed by atoms with van der Waals surface area (Å²) in [4.78, 5) is 0. The van der Waals surface area contributed by atoms with E-state index in [1.54, 1.807) is 0 Å². The van der Waals surface area contributed by atoms with E-state index in [9.17, 15) is 0 Å². The van der Waals surface area contributed by atoms with Crippen molar-refractivity contribution < 1.29 is 9.47 Å². The lowest BCUT2D eigenvalue weighted by molar-refractivity contribution is -0.000247. The zero-order chi connectivity index (χ0) is 11.4. The molecule has 1 aliphatic heterocycles. The number of morpholine rings is 1. The second-order valence-electron chi connectivity index (χ2n) is 4.04. The first-order valence-electron chi connectivity index (χ1n) is 5.89. The van der Waals surface area contributed by atoms with E-state index in [-0.39, 0.29) is 6.10 Å². The minimum atomic E-state index is 0.157. The number of hydrogen-bond acceptors (Lipinski definition) is 3. The van der Waals surface area contributed by atoms with Crippen molar-refractivity contribution >= 4 is 0 Å². The van der Waals surface area contributed by atoms with Gasteiger partial charge in [0.2, 0.25) is 0 Å². The van der Waals surface area contributed by atoms with Gasteiger partial charge in [0.25, 0.3) is 0 Å². The van der Waals surface area contributed by atoms with Crippen molar-refractivity contribution in [2.45, 2.75) is 26.0 Å². The molecule has 0 bridgehead atoms. The predicted molar refractivity (Wildman–Crippen MR) is 63.8 cm³/mol. The van der Waals surface area contributed by atoms with Crippen LogP contribution in [-0.4, -0.2) is 25.8 Å². The summed E-state index contributed by atoms with van der Waals surface area (Å²) in [5.74, 6) is 0.919. The molecule has 1 saturated heterocycles. The van der Waals surface area contributed by atoms with E-state index in [1.807, 2.05) is 19.1 Å². The topological polar surface area (TPSA) is 30.5 Å². The van der Waals surface area contributed by atoms with Gasteiger partial charge >= 0.3 is 0 Å². The van der Waals surface area contributed by atoms with Crippen molar-refractivity contribution in [1.82, 2.24) is 5.32 Å². The van der Waals surface area contributed by atoms with Gasteiger partial charge in [0.05, 0.1) is 19.3 Å². The number of benzene rings is 1. The van der Waals surface area contributed by atoms with Gasteiger partial charge in [-0.05, 0) is 31.5 Å². The van der Waals surface area contributed by atoms with E-state index >= 15 is 0 Å². The molecule has 0 radical (unpaired) electrons. The maximum Gasteiger partial charge on any atom is 0.119 e. The highest BCUT2D eigenvalue weighted by molar-refractivity contribution is 5.29. The summed E-state index contributed by atoms with van der Waals surface area (Å²) in [6.07, 6.45) is 0.157. The normalized spacial score (nSPS) is 25.4. The Kier molecular flexibility index (Phi) is 3.80. The molecule has 0 spiro atoms. The summed E-state index contributed by atoms with van der Waals surface area (Å²) < 4.78 is 11.2. The zero-order valence-electron chi connectivity index (χ0n) is 9.90. The third-order valence-corrected chi connectivity index (χ3v) is 2.84. The second kappa shape index (κ2) is 5.32. The van der Waals surface area contributed by atoms with Crippen LogP contribution in [0.5, 0.6) is 5.75 Å². The molecule has 0 amide bonds. The smallest absolute Gasteiger partial charge is 0.119 e. The lowest BCUT2D eigenvalue weighted by Crippen LogP contribution is -2.41. The van der Waals surface area contributed by atoms with E-state index in [0.717, 1.165) is 18.9 Å². The third-order valence-electron chi connectivity index (χ3n) is 2.84. The fourth-order valence-electron chi connectivity index (χ4n) is 2.03. The molecule has 0 aliphatic carbocycles. The molecule has 0 saturated carbocycles. The largest absolute Gasteiger partial charge is 0.494 e. The van der Waals surface area contributed by atoms with Crippen LogP contribution in [-0.2, 0) is 4.74 Å². The molecule has 1 heterocycles. The average molecular weight is 221 g/mol. The van der Waals surface area contributed by atoms with Crippen LogP contribution in [0.25, 0.3) is 0 Å². The Bertz CT molecular complexity index is 323. The molecule has 88 valence electrons. The molecule has 2 rings (SSSR count). The van der Waals surface area contributed by atoms with Crippen LogP contribution in [0, 0.1) is 0 Å². The molecular formula is C13H19NO2. The molecular weight excluding hydrogens is 202 g/mol. The minimum Gasteiger partial charge on any atom is -0.494 e. The second-order valence-corrected chi connectivity index (χ2v) is 4.04. The molecule has 0 aromatic heterocycles. The fourth-order valence-corrected chi connectivity index (χ4v) is 2.03. The predicted octanol–water partition coefficient (Wildman–Crippen LogP) is 2.13. The molecule has 1 aromatic rings. The molecule has 1 N–H and O–H groups in total. The van der Waals surface area contributed by atoms with Crippen molar-refractivity contribution in [2.75, 3.05) is 19.8 Å². The summed E-state index contributed by atoms with van der Waals surface area (Å²) >= 11 is 0. The van der Waals surface area contributed by atoms with Crippen molar-refractivity contribution in [1.29, 1.82) is 0 Å². The van der Waals surface area contributed by atoms with E-state index < -0.39 is 0 Å². The van der Waals surface area contributed by atoms with E-state index in [1.165, 1.54) is 5.56 Å². The van der Waals surface area contributed by atoms with Gasteiger partial charge in [-0.25, -0.2) is 0 Å². The Hall–Kier alpha value is -1.06. The van der Waals surface area contributed by atoms with E-state index in [2.05, 4.69) is 24.4 Å². The van der Waals surface area contributed by atoms with Gasteiger partial charge in [0.1, 0.15) is 5.75 Å². The lowest BCUT2D eigenvalue weighted by atomic mass is 10.0. The summed E-state index contributed by atoms with van der Waals surface area (Å²) in [6, 6.07) is 8.54. The van der Waals surface area contributed by atoms with Crippen LogP contribution in [0.2, 0.25) is 0 Å². The van der Waals surface area contributed by atoms with E-state index in [0.29, 0.717) is 12.6 Å². The van der Waals surface area contributed by atoms with Gasteiger partial charge in [0.15, 0.2) is 0 Å². The number of nitrogens with one attached hydrogen (secondary N) is 1.